The summed E-state index contributed by atoms with van der Waals surface area (Å²) in [5.74, 6) is 0. The predicted molar refractivity (Wildman–Crippen MR) is 74.8 cm³/mol. The fraction of sp³-hybridized carbons (Fsp3) is 0. The summed E-state index contributed by atoms with van der Waals surface area (Å²) in [7, 11) is 0. The Bertz CT molecular complexity index is 636. The average Bonchev–Trinajstić information content (AvgIpc) is 2.36. The second-order valence-corrected chi connectivity index (χ2v) is 4.88. The maximum atomic E-state index is 6.33. The zero-order valence-corrected chi connectivity index (χ0v) is 11.0. The van der Waals surface area contributed by atoms with Crippen LogP contribution < -0.4 is 0 Å². The summed E-state index contributed by atoms with van der Waals surface area (Å²) in [5.41, 5.74) is 1.77. The first-order valence-electron chi connectivity index (χ1n) is 4.75. The van der Waals surface area contributed by atoms with Gasteiger partial charge < -0.3 is 0 Å². The molecule has 0 aliphatic carbocycles. The van der Waals surface area contributed by atoms with Crippen molar-refractivity contribution in [3.8, 4) is 0 Å². The highest BCUT2D eigenvalue weighted by Crippen LogP contribution is 2.34. The highest BCUT2D eigenvalue weighted by atomic mass is 127. The number of aromatic nitrogens is 2. The lowest BCUT2D eigenvalue weighted by Crippen LogP contribution is -1.89. The van der Waals surface area contributed by atoms with Gasteiger partial charge in [0.25, 0.3) is 0 Å². The average molecular weight is 341 g/mol. The van der Waals surface area contributed by atoms with Gasteiger partial charge >= 0.3 is 0 Å². The maximum Gasteiger partial charge on any atom is 0.0980 e. The lowest BCUT2D eigenvalue weighted by Gasteiger charge is -2.07. The summed E-state index contributed by atoms with van der Waals surface area (Å²) in [6, 6.07) is 7.79. The van der Waals surface area contributed by atoms with Crippen LogP contribution in [0.1, 0.15) is 0 Å². The summed E-state index contributed by atoms with van der Waals surface area (Å²) in [4.78, 5) is 8.75. The van der Waals surface area contributed by atoms with Crippen LogP contribution in [0.2, 0.25) is 5.02 Å². The number of hydrogen-bond acceptors (Lipinski definition) is 2. The van der Waals surface area contributed by atoms with Crippen LogP contribution in [0.15, 0.2) is 36.7 Å². The molecule has 0 unspecified atom stereocenters. The maximum absolute atomic E-state index is 6.33. The van der Waals surface area contributed by atoms with E-state index in [1.165, 1.54) is 0 Å². The number of halogens is 2. The van der Waals surface area contributed by atoms with Crippen LogP contribution in [0.5, 0.6) is 0 Å². The standard InChI is InChI=1S/C12H6ClIN2/c13-9-7-3-1-5-15-11(7)12-8(10(9)14)4-2-6-16-12/h1-6H. The van der Waals surface area contributed by atoms with Gasteiger partial charge in [0.1, 0.15) is 0 Å². The largest absolute Gasteiger partial charge is 0.254 e. The van der Waals surface area contributed by atoms with Crippen molar-refractivity contribution in [1.29, 1.82) is 0 Å². The molecule has 0 N–H and O–H groups in total. The van der Waals surface area contributed by atoms with Crippen molar-refractivity contribution in [2.75, 3.05) is 0 Å². The van der Waals surface area contributed by atoms with Crippen LogP contribution in [-0.4, -0.2) is 9.97 Å². The van der Waals surface area contributed by atoms with E-state index in [-0.39, 0.29) is 0 Å². The van der Waals surface area contributed by atoms with Crippen LogP contribution in [0.4, 0.5) is 0 Å². The number of benzene rings is 1. The van der Waals surface area contributed by atoms with Crippen LogP contribution in [0.25, 0.3) is 21.8 Å². The summed E-state index contributed by atoms with van der Waals surface area (Å²) in [6.07, 6.45) is 3.54. The Morgan fingerprint density at radius 3 is 2.19 bits per heavy atom. The fourth-order valence-corrected chi connectivity index (χ4v) is 2.76. The molecule has 0 bridgehead atoms. The Hall–Kier alpha value is -0.940. The zero-order valence-electron chi connectivity index (χ0n) is 8.11. The van der Waals surface area contributed by atoms with Crippen molar-refractivity contribution in [3.05, 3.63) is 45.3 Å². The first-order valence-corrected chi connectivity index (χ1v) is 6.21. The summed E-state index contributed by atoms with van der Waals surface area (Å²) >= 11 is 8.58. The van der Waals surface area contributed by atoms with Crippen molar-refractivity contribution in [1.82, 2.24) is 9.97 Å². The van der Waals surface area contributed by atoms with Crippen molar-refractivity contribution in [2.45, 2.75) is 0 Å². The molecule has 3 aromatic rings. The number of pyridine rings is 2. The Morgan fingerprint density at radius 2 is 1.50 bits per heavy atom. The number of nitrogens with zero attached hydrogens (tertiary/aromatic N) is 2. The first-order chi connectivity index (χ1) is 7.79. The van der Waals surface area contributed by atoms with Gasteiger partial charge in [-0.3, -0.25) is 9.97 Å². The first kappa shape index (κ1) is 10.2. The van der Waals surface area contributed by atoms with Crippen LogP contribution in [0, 0.1) is 3.57 Å². The van der Waals surface area contributed by atoms with Gasteiger partial charge in [-0.05, 0) is 40.8 Å². The molecule has 0 radical (unpaired) electrons. The number of hydrogen-bond donors (Lipinski definition) is 0. The molecule has 0 fully saturated rings. The van der Waals surface area contributed by atoms with E-state index >= 15 is 0 Å². The van der Waals surface area contributed by atoms with Crippen molar-refractivity contribution >= 4 is 56.0 Å². The molecule has 0 aliphatic rings. The Balaban J connectivity index is 2.69. The highest BCUT2D eigenvalue weighted by Gasteiger charge is 2.11. The third-order valence-electron chi connectivity index (χ3n) is 2.51. The molecular formula is C12H6ClIN2. The second-order valence-electron chi connectivity index (χ2n) is 3.43. The van der Waals surface area contributed by atoms with E-state index in [1.54, 1.807) is 12.4 Å². The summed E-state index contributed by atoms with van der Waals surface area (Å²) in [5, 5.41) is 2.77. The monoisotopic (exact) mass is 340 g/mol. The van der Waals surface area contributed by atoms with E-state index in [2.05, 4.69) is 32.6 Å². The van der Waals surface area contributed by atoms with E-state index < -0.39 is 0 Å². The van der Waals surface area contributed by atoms with Gasteiger partial charge in [0, 0.05) is 26.7 Å². The highest BCUT2D eigenvalue weighted by molar-refractivity contribution is 14.1. The summed E-state index contributed by atoms with van der Waals surface area (Å²) in [6.45, 7) is 0. The molecule has 2 heterocycles. The van der Waals surface area contributed by atoms with E-state index in [9.17, 15) is 0 Å². The molecular weight excluding hydrogens is 335 g/mol. The minimum Gasteiger partial charge on any atom is -0.254 e. The molecule has 4 heteroatoms. The minimum absolute atomic E-state index is 0.754. The van der Waals surface area contributed by atoms with Crippen molar-refractivity contribution < 1.29 is 0 Å². The molecule has 0 spiro atoms. The van der Waals surface area contributed by atoms with Gasteiger partial charge in [0.05, 0.1) is 16.1 Å². The lowest BCUT2D eigenvalue weighted by molar-refractivity contribution is 1.37. The topological polar surface area (TPSA) is 25.8 Å². The van der Waals surface area contributed by atoms with Crippen molar-refractivity contribution in [3.63, 3.8) is 0 Å². The molecule has 0 saturated heterocycles. The van der Waals surface area contributed by atoms with Crippen LogP contribution in [-0.2, 0) is 0 Å². The Morgan fingerprint density at radius 1 is 0.938 bits per heavy atom. The van der Waals surface area contributed by atoms with Crippen LogP contribution in [0.3, 0.4) is 0 Å². The molecule has 1 aromatic carbocycles. The van der Waals surface area contributed by atoms with Gasteiger partial charge in [-0.2, -0.15) is 0 Å². The van der Waals surface area contributed by atoms with Crippen molar-refractivity contribution in [2.24, 2.45) is 0 Å². The summed E-state index contributed by atoms with van der Waals surface area (Å²) < 4.78 is 1.03. The predicted octanol–water partition coefficient (Wildman–Crippen LogP) is 4.04. The smallest absolute Gasteiger partial charge is 0.0980 e. The van der Waals surface area contributed by atoms with E-state index in [1.807, 2.05) is 24.3 Å². The molecule has 2 aromatic heterocycles. The number of fused-ring (bicyclic) bond motifs is 3. The van der Waals surface area contributed by atoms with E-state index in [0.717, 1.165) is 30.4 Å². The Kier molecular flexibility index (Phi) is 2.44. The normalized spacial score (nSPS) is 11.1. The van der Waals surface area contributed by atoms with Gasteiger partial charge in [-0.1, -0.05) is 17.7 Å². The van der Waals surface area contributed by atoms with E-state index in [0.29, 0.717) is 0 Å². The fourth-order valence-electron chi connectivity index (χ4n) is 1.78. The molecule has 0 saturated carbocycles. The second kappa shape index (κ2) is 3.82. The molecule has 0 amide bonds. The zero-order chi connectivity index (χ0) is 11.1. The quantitative estimate of drug-likeness (QED) is 0.456. The lowest BCUT2D eigenvalue weighted by atomic mass is 10.1. The van der Waals surface area contributed by atoms with Gasteiger partial charge in [0.15, 0.2) is 0 Å². The molecule has 0 atom stereocenters. The molecule has 3 rings (SSSR count). The van der Waals surface area contributed by atoms with Crippen LogP contribution >= 0.6 is 34.2 Å². The number of rotatable bonds is 0. The molecule has 16 heavy (non-hydrogen) atoms. The molecule has 78 valence electrons. The van der Waals surface area contributed by atoms with Gasteiger partial charge in [0.2, 0.25) is 0 Å². The SMILES string of the molecule is Clc1c(I)c2cccnc2c2ncccc12. The molecule has 2 nitrogen and oxygen atoms in total. The Labute approximate surface area is 111 Å². The van der Waals surface area contributed by atoms with E-state index in [4.69, 9.17) is 11.6 Å². The third kappa shape index (κ3) is 1.38. The minimum atomic E-state index is 0.754. The molecule has 0 aliphatic heterocycles. The van der Waals surface area contributed by atoms with Gasteiger partial charge in [-0.25, -0.2) is 0 Å². The third-order valence-corrected chi connectivity index (χ3v) is 4.34. The van der Waals surface area contributed by atoms with Gasteiger partial charge in [-0.15, -0.1) is 0 Å².